The van der Waals surface area contributed by atoms with Crippen molar-refractivity contribution in [3.63, 3.8) is 0 Å². The van der Waals surface area contributed by atoms with E-state index in [2.05, 4.69) is 59.4 Å². The van der Waals surface area contributed by atoms with Crippen LogP contribution in [0.4, 0.5) is 0 Å². The lowest BCUT2D eigenvalue weighted by atomic mass is 9.82. The minimum atomic E-state index is -0.106. The zero-order chi connectivity index (χ0) is 15.7. The summed E-state index contributed by atoms with van der Waals surface area (Å²) < 4.78 is 6.36. The second-order valence-electron chi connectivity index (χ2n) is 6.46. The van der Waals surface area contributed by atoms with Gasteiger partial charge < -0.3 is 4.74 Å². The highest BCUT2D eigenvalue weighted by Crippen LogP contribution is 2.46. The highest BCUT2D eigenvalue weighted by atomic mass is 16.5. The molecule has 2 nitrogen and oxygen atoms in total. The van der Waals surface area contributed by atoms with Crippen molar-refractivity contribution in [3.8, 4) is 23.5 Å². The summed E-state index contributed by atoms with van der Waals surface area (Å²) in [5.41, 5.74) is 5.23. The van der Waals surface area contributed by atoms with Gasteiger partial charge in [-0.05, 0) is 35.1 Å². The van der Waals surface area contributed by atoms with Crippen LogP contribution in [0.15, 0.2) is 48.5 Å². The number of hydrogen-bond donors (Lipinski definition) is 0. The normalized spacial score (nSPS) is 19.4. The zero-order valence-electron chi connectivity index (χ0n) is 13.3. The molecule has 0 radical (unpaired) electrons. The molecular weight excluding hydrogens is 282 g/mol. The summed E-state index contributed by atoms with van der Waals surface area (Å²) in [4.78, 5) is 2.34. The molecule has 0 aromatic heterocycles. The van der Waals surface area contributed by atoms with Crippen LogP contribution in [0.5, 0.6) is 0 Å². The maximum absolute atomic E-state index is 6.36. The van der Waals surface area contributed by atoms with Crippen molar-refractivity contribution in [2.45, 2.75) is 25.0 Å². The summed E-state index contributed by atoms with van der Waals surface area (Å²) in [6.45, 7) is 3.49. The van der Waals surface area contributed by atoms with Crippen molar-refractivity contribution in [1.29, 1.82) is 0 Å². The molecule has 0 aliphatic carbocycles. The Kier molecular flexibility index (Phi) is 3.69. The minimum Gasteiger partial charge on any atom is -0.365 e. The molecule has 1 fully saturated rings. The standard InChI is InChI=1S/C21H21NO/c1-2-13-22-14-11-21(12-15-22)20-10-6-9-18(19(20)16-23-21)17-7-4-3-5-8-17/h1,3-10H,11-16H2. The Hall–Kier alpha value is -2.08. The molecule has 1 saturated heterocycles. The zero-order valence-corrected chi connectivity index (χ0v) is 13.3. The van der Waals surface area contributed by atoms with Crippen LogP contribution in [0.2, 0.25) is 0 Å². The molecule has 4 rings (SSSR count). The van der Waals surface area contributed by atoms with E-state index in [0.29, 0.717) is 0 Å². The topological polar surface area (TPSA) is 12.5 Å². The van der Waals surface area contributed by atoms with Crippen molar-refractivity contribution >= 4 is 0 Å². The molecule has 0 amide bonds. The largest absolute Gasteiger partial charge is 0.365 e. The van der Waals surface area contributed by atoms with Crippen LogP contribution in [-0.2, 0) is 16.9 Å². The summed E-state index contributed by atoms with van der Waals surface area (Å²) in [5, 5.41) is 0. The minimum absolute atomic E-state index is 0.106. The summed E-state index contributed by atoms with van der Waals surface area (Å²) in [6.07, 6.45) is 7.50. The molecule has 0 atom stereocenters. The summed E-state index contributed by atoms with van der Waals surface area (Å²) in [6, 6.07) is 17.2. The van der Waals surface area contributed by atoms with Gasteiger partial charge in [0.05, 0.1) is 18.8 Å². The monoisotopic (exact) mass is 303 g/mol. The molecule has 0 saturated carbocycles. The average Bonchev–Trinajstić information content (AvgIpc) is 2.97. The second kappa shape index (κ2) is 5.85. The summed E-state index contributed by atoms with van der Waals surface area (Å²) in [7, 11) is 0. The van der Waals surface area contributed by atoms with Gasteiger partial charge in [-0.15, -0.1) is 6.42 Å². The fourth-order valence-corrected chi connectivity index (χ4v) is 3.96. The number of piperidine rings is 1. The van der Waals surface area contributed by atoms with Crippen molar-refractivity contribution in [2.75, 3.05) is 19.6 Å². The van der Waals surface area contributed by atoms with Gasteiger partial charge in [0.15, 0.2) is 0 Å². The Morgan fingerprint density at radius 1 is 1.04 bits per heavy atom. The third-order valence-electron chi connectivity index (χ3n) is 5.22. The number of ether oxygens (including phenoxy) is 1. The Morgan fingerprint density at radius 2 is 1.83 bits per heavy atom. The maximum Gasteiger partial charge on any atom is 0.0963 e. The molecule has 116 valence electrons. The van der Waals surface area contributed by atoms with Gasteiger partial charge >= 0.3 is 0 Å². The van der Waals surface area contributed by atoms with E-state index in [1.54, 1.807) is 0 Å². The van der Waals surface area contributed by atoms with Gasteiger partial charge in [0.2, 0.25) is 0 Å². The molecule has 2 heteroatoms. The maximum atomic E-state index is 6.36. The van der Waals surface area contributed by atoms with Crippen LogP contribution in [0.3, 0.4) is 0 Å². The number of hydrogen-bond acceptors (Lipinski definition) is 2. The molecule has 2 aliphatic rings. The number of likely N-dealkylation sites (tertiary alicyclic amines) is 1. The number of fused-ring (bicyclic) bond motifs is 2. The molecule has 1 spiro atoms. The second-order valence-corrected chi connectivity index (χ2v) is 6.46. The first-order valence-corrected chi connectivity index (χ1v) is 8.30. The Morgan fingerprint density at radius 3 is 2.57 bits per heavy atom. The van der Waals surface area contributed by atoms with Gasteiger partial charge in [-0.3, -0.25) is 4.90 Å². The molecule has 2 aromatic carbocycles. The first-order chi connectivity index (χ1) is 11.3. The third kappa shape index (κ3) is 2.47. The highest BCUT2D eigenvalue weighted by molar-refractivity contribution is 5.69. The Balaban J connectivity index is 1.67. The lowest BCUT2D eigenvalue weighted by Gasteiger charge is -2.38. The van der Waals surface area contributed by atoms with E-state index in [1.165, 1.54) is 22.3 Å². The van der Waals surface area contributed by atoms with Crippen molar-refractivity contribution in [3.05, 3.63) is 59.7 Å². The van der Waals surface area contributed by atoms with Crippen LogP contribution in [0, 0.1) is 12.3 Å². The average molecular weight is 303 g/mol. The van der Waals surface area contributed by atoms with Gasteiger partial charge in [-0.2, -0.15) is 0 Å². The highest BCUT2D eigenvalue weighted by Gasteiger charge is 2.43. The molecule has 2 aliphatic heterocycles. The van der Waals surface area contributed by atoms with Crippen molar-refractivity contribution in [2.24, 2.45) is 0 Å². The first-order valence-electron chi connectivity index (χ1n) is 8.30. The molecule has 23 heavy (non-hydrogen) atoms. The molecular formula is C21H21NO. The lowest BCUT2D eigenvalue weighted by Crippen LogP contribution is -2.42. The molecule has 2 heterocycles. The Labute approximate surface area is 138 Å². The smallest absolute Gasteiger partial charge is 0.0963 e. The first kappa shape index (κ1) is 14.5. The van der Waals surface area contributed by atoms with Gasteiger partial charge in [-0.1, -0.05) is 54.5 Å². The van der Waals surface area contributed by atoms with E-state index in [-0.39, 0.29) is 5.60 Å². The molecule has 0 bridgehead atoms. The fraction of sp³-hybridized carbons (Fsp3) is 0.333. The van der Waals surface area contributed by atoms with Crippen LogP contribution in [0.25, 0.3) is 11.1 Å². The van der Waals surface area contributed by atoms with Crippen LogP contribution in [0.1, 0.15) is 24.0 Å². The van der Waals surface area contributed by atoms with E-state index < -0.39 is 0 Å². The van der Waals surface area contributed by atoms with Crippen LogP contribution < -0.4 is 0 Å². The van der Waals surface area contributed by atoms with E-state index >= 15 is 0 Å². The van der Waals surface area contributed by atoms with Gasteiger partial charge in [0, 0.05) is 13.1 Å². The quantitative estimate of drug-likeness (QED) is 0.782. The number of terminal acetylenes is 1. The third-order valence-corrected chi connectivity index (χ3v) is 5.22. The van der Waals surface area contributed by atoms with E-state index in [4.69, 9.17) is 11.2 Å². The molecule has 2 aromatic rings. The summed E-state index contributed by atoms with van der Waals surface area (Å²) >= 11 is 0. The van der Waals surface area contributed by atoms with Gasteiger partial charge in [0.1, 0.15) is 0 Å². The van der Waals surface area contributed by atoms with Crippen LogP contribution >= 0.6 is 0 Å². The predicted octanol–water partition coefficient (Wildman–Crippen LogP) is 3.81. The number of rotatable bonds is 2. The molecule has 0 unspecified atom stereocenters. The van der Waals surface area contributed by atoms with Gasteiger partial charge in [0.25, 0.3) is 0 Å². The number of nitrogens with zero attached hydrogens (tertiary/aromatic N) is 1. The number of benzene rings is 2. The summed E-state index contributed by atoms with van der Waals surface area (Å²) in [5.74, 6) is 2.75. The van der Waals surface area contributed by atoms with Crippen molar-refractivity contribution < 1.29 is 4.74 Å². The molecule has 0 N–H and O–H groups in total. The lowest BCUT2D eigenvalue weighted by molar-refractivity contribution is -0.0770. The van der Waals surface area contributed by atoms with E-state index in [9.17, 15) is 0 Å². The fourth-order valence-electron chi connectivity index (χ4n) is 3.96. The predicted molar refractivity (Wildman–Crippen MR) is 92.9 cm³/mol. The van der Waals surface area contributed by atoms with E-state index in [1.807, 2.05) is 0 Å². The van der Waals surface area contributed by atoms with Crippen molar-refractivity contribution in [1.82, 2.24) is 4.90 Å². The van der Waals surface area contributed by atoms with Gasteiger partial charge in [-0.25, -0.2) is 0 Å². The SMILES string of the molecule is C#CCN1CCC2(CC1)OCc1c(-c3ccccc3)cccc12. The van der Waals surface area contributed by atoms with E-state index in [0.717, 1.165) is 39.1 Å². The van der Waals surface area contributed by atoms with Crippen LogP contribution in [-0.4, -0.2) is 24.5 Å². The Bertz CT molecular complexity index is 736.